The van der Waals surface area contributed by atoms with E-state index in [0.29, 0.717) is 5.88 Å². The highest BCUT2D eigenvalue weighted by Crippen LogP contribution is 2.31. The summed E-state index contributed by atoms with van der Waals surface area (Å²) < 4.78 is 5.43. The summed E-state index contributed by atoms with van der Waals surface area (Å²) in [4.78, 5) is 2.11. The molecule has 0 bridgehead atoms. The number of hydrogen-bond acceptors (Lipinski definition) is 2. The predicted molar refractivity (Wildman–Crippen MR) is 69.6 cm³/mol. The molecular weight excluding hydrogens is 222 g/mol. The van der Waals surface area contributed by atoms with Crippen LogP contribution in [-0.4, -0.2) is 32.0 Å². The van der Waals surface area contributed by atoms with Crippen LogP contribution >= 0.6 is 11.6 Å². The number of halogens is 1. The van der Waals surface area contributed by atoms with E-state index in [2.05, 4.69) is 30.9 Å². The van der Waals surface area contributed by atoms with Gasteiger partial charge in [0.25, 0.3) is 0 Å². The molecule has 90 valence electrons. The van der Waals surface area contributed by atoms with E-state index in [-0.39, 0.29) is 6.04 Å². The van der Waals surface area contributed by atoms with Crippen LogP contribution in [0.15, 0.2) is 12.1 Å². The first-order valence-corrected chi connectivity index (χ1v) is 5.92. The molecule has 1 aromatic carbocycles. The Kier molecular flexibility index (Phi) is 4.63. The average Bonchev–Trinajstić information content (AvgIpc) is 2.23. The fraction of sp³-hybridized carbons (Fsp3) is 0.538. The molecule has 0 fully saturated rings. The van der Waals surface area contributed by atoms with E-state index in [1.54, 1.807) is 7.11 Å². The summed E-state index contributed by atoms with van der Waals surface area (Å²) >= 11 is 6.02. The topological polar surface area (TPSA) is 12.5 Å². The Hall–Kier alpha value is -0.730. The monoisotopic (exact) mass is 241 g/mol. The van der Waals surface area contributed by atoms with Gasteiger partial charge in [-0.15, -0.1) is 11.6 Å². The van der Waals surface area contributed by atoms with Gasteiger partial charge in [-0.25, -0.2) is 0 Å². The van der Waals surface area contributed by atoms with E-state index in [1.165, 1.54) is 11.1 Å². The SMILES string of the molecule is COc1cc(C)c(C)cc1C(CCl)N(C)C. The standard InChI is InChI=1S/C13H20ClNO/c1-9-6-11(12(8-14)15(3)4)13(16-5)7-10(9)2/h6-7,12H,8H2,1-5H3. The largest absolute Gasteiger partial charge is 0.496 e. The molecule has 0 aliphatic carbocycles. The molecular formula is C13H20ClNO. The molecule has 0 saturated carbocycles. The highest BCUT2D eigenvalue weighted by atomic mass is 35.5. The lowest BCUT2D eigenvalue weighted by molar-refractivity contribution is 0.311. The van der Waals surface area contributed by atoms with E-state index in [1.807, 2.05) is 14.1 Å². The zero-order valence-electron chi connectivity index (χ0n) is 10.7. The molecule has 0 saturated heterocycles. The summed E-state index contributed by atoms with van der Waals surface area (Å²) in [5.41, 5.74) is 3.67. The molecule has 1 atom stereocenters. The van der Waals surface area contributed by atoms with E-state index in [9.17, 15) is 0 Å². The third-order valence-corrected chi connectivity index (χ3v) is 3.27. The van der Waals surface area contributed by atoms with Crippen LogP contribution in [0.2, 0.25) is 0 Å². The van der Waals surface area contributed by atoms with Crippen LogP contribution in [0.5, 0.6) is 5.75 Å². The first-order valence-electron chi connectivity index (χ1n) is 5.38. The van der Waals surface area contributed by atoms with Crippen LogP contribution < -0.4 is 4.74 Å². The maximum atomic E-state index is 6.02. The van der Waals surface area contributed by atoms with E-state index < -0.39 is 0 Å². The molecule has 0 amide bonds. The molecule has 1 rings (SSSR count). The van der Waals surface area contributed by atoms with Crippen molar-refractivity contribution < 1.29 is 4.74 Å². The van der Waals surface area contributed by atoms with Crippen molar-refractivity contribution in [1.29, 1.82) is 0 Å². The van der Waals surface area contributed by atoms with Gasteiger partial charge in [0.1, 0.15) is 5.75 Å². The van der Waals surface area contributed by atoms with E-state index in [0.717, 1.165) is 11.3 Å². The van der Waals surface area contributed by atoms with Crippen molar-refractivity contribution in [3.63, 3.8) is 0 Å². The Bertz CT molecular complexity index is 363. The van der Waals surface area contributed by atoms with Crippen LogP contribution in [-0.2, 0) is 0 Å². The first-order chi connectivity index (χ1) is 7.51. The van der Waals surface area contributed by atoms with Gasteiger partial charge in [-0.2, -0.15) is 0 Å². The number of nitrogens with zero attached hydrogens (tertiary/aromatic N) is 1. The fourth-order valence-corrected chi connectivity index (χ4v) is 2.19. The summed E-state index contributed by atoms with van der Waals surface area (Å²) in [6, 6.07) is 4.44. The third-order valence-electron chi connectivity index (χ3n) is 2.97. The number of methoxy groups -OCH3 is 1. The lowest BCUT2D eigenvalue weighted by atomic mass is 10.00. The number of benzene rings is 1. The Balaban J connectivity index is 3.24. The number of rotatable bonds is 4. The van der Waals surface area contributed by atoms with Gasteiger partial charge in [0.2, 0.25) is 0 Å². The summed E-state index contributed by atoms with van der Waals surface area (Å²) in [6.45, 7) is 4.20. The van der Waals surface area contributed by atoms with Gasteiger partial charge in [-0.05, 0) is 45.1 Å². The predicted octanol–water partition coefficient (Wildman–Crippen LogP) is 3.15. The minimum Gasteiger partial charge on any atom is -0.496 e. The highest BCUT2D eigenvalue weighted by molar-refractivity contribution is 6.18. The van der Waals surface area contributed by atoms with Gasteiger partial charge in [-0.1, -0.05) is 6.07 Å². The molecule has 2 nitrogen and oxygen atoms in total. The van der Waals surface area contributed by atoms with Crippen LogP contribution in [0, 0.1) is 13.8 Å². The molecule has 0 radical (unpaired) electrons. The van der Waals surface area contributed by atoms with Crippen molar-refractivity contribution in [3.8, 4) is 5.75 Å². The molecule has 0 heterocycles. The lowest BCUT2D eigenvalue weighted by Gasteiger charge is -2.25. The second-order valence-electron chi connectivity index (χ2n) is 4.31. The molecule has 16 heavy (non-hydrogen) atoms. The fourth-order valence-electron chi connectivity index (χ4n) is 1.75. The maximum absolute atomic E-state index is 6.02. The van der Waals surface area contributed by atoms with Crippen LogP contribution in [0.25, 0.3) is 0 Å². The minimum absolute atomic E-state index is 0.191. The van der Waals surface area contributed by atoms with Gasteiger partial charge in [0.05, 0.1) is 13.2 Å². The van der Waals surface area contributed by atoms with Crippen molar-refractivity contribution in [2.24, 2.45) is 0 Å². The van der Waals surface area contributed by atoms with Crippen molar-refractivity contribution in [3.05, 3.63) is 28.8 Å². The van der Waals surface area contributed by atoms with Crippen molar-refractivity contribution in [2.45, 2.75) is 19.9 Å². The smallest absolute Gasteiger partial charge is 0.123 e. The summed E-state index contributed by atoms with van der Waals surface area (Å²) in [6.07, 6.45) is 0. The molecule has 1 unspecified atom stereocenters. The quantitative estimate of drug-likeness (QED) is 0.751. The zero-order valence-corrected chi connectivity index (χ0v) is 11.4. The van der Waals surface area contributed by atoms with Gasteiger partial charge < -0.3 is 9.64 Å². The van der Waals surface area contributed by atoms with Gasteiger partial charge in [-0.3, -0.25) is 0 Å². The van der Waals surface area contributed by atoms with Crippen molar-refractivity contribution in [1.82, 2.24) is 4.90 Å². The van der Waals surface area contributed by atoms with E-state index in [4.69, 9.17) is 16.3 Å². The third kappa shape index (κ3) is 2.69. The summed E-state index contributed by atoms with van der Waals surface area (Å²) in [5, 5.41) is 0. The Morgan fingerprint density at radius 2 is 1.81 bits per heavy atom. The summed E-state index contributed by atoms with van der Waals surface area (Å²) in [7, 11) is 5.76. The molecule has 0 aliphatic heterocycles. The van der Waals surface area contributed by atoms with E-state index >= 15 is 0 Å². The summed E-state index contributed by atoms with van der Waals surface area (Å²) in [5.74, 6) is 1.48. The maximum Gasteiger partial charge on any atom is 0.123 e. The minimum atomic E-state index is 0.191. The molecule has 0 N–H and O–H groups in total. The molecule has 3 heteroatoms. The van der Waals surface area contributed by atoms with Crippen molar-refractivity contribution >= 4 is 11.6 Å². The second-order valence-corrected chi connectivity index (χ2v) is 4.62. The highest BCUT2D eigenvalue weighted by Gasteiger charge is 2.18. The number of aryl methyl sites for hydroxylation is 2. The van der Waals surface area contributed by atoms with Crippen LogP contribution in [0.3, 0.4) is 0 Å². The Labute approximate surface area is 103 Å². The lowest BCUT2D eigenvalue weighted by Crippen LogP contribution is -2.22. The molecule has 0 aromatic heterocycles. The first kappa shape index (κ1) is 13.3. The van der Waals surface area contributed by atoms with Crippen molar-refractivity contribution in [2.75, 3.05) is 27.1 Å². The number of alkyl halides is 1. The normalized spacial score (nSPS) is 12.9. The zero-order chi connectivity index (χ0) is 12.3. The Morgan fingerprint density at radius 1 is 1.25 bits per heavy atom. The van der Waals surface area contributed by atoms with Gasteiger partial charge in [0, 0.05) is 11.4 Å². The second kappa shape index (κ2) is 5.55. The molecule has 0 spiro atoms. The van der Waals surface area contributed by atoms with Gasteiger partial charge in [0.15, 0.2) is 0 Å². The van der Waals surface area contributed by atoms with Gasteiger partial charge >= 0.3 is 0 Å². The molecule has 0 aliphatic rings. The average molecular weight is 242 g/mol. The Morgan fingerprint density at radius 3 is 2.25 bits per heavy atom. The van der Waals surface area contributed by atoms with Crippen LogP contribution in [0.1, 0.15) is 22.7 Å². The number of hydrogen-bond donors (Lipinski definition) is 0. The molecule has 1 aromatic rings. The number of ether oxygens (including phenoxy) is 1. The van der Waals surface area contributed by atoms with Crippen LogP contribution in [0.4, 0.5) is 0 Å².